The van der Waals surface area contributed by atoms with E-state index in [4.69, 9.17) is 16.6 Å². The molecule has 23 heavy (non-hydrogen) atoms. The average molecular weight is 320 g/mol. The number of hydrogen-bond donors (Lipinski definition) is 3. The Balaban J connectivity index is 0.000000229. The van der Waals surface area contributed by atoms with Crippen LogP contribution in [0.3, 0.4) is 0 Å². The van der Waals surface area contributed by atoms with Gasteiger partial charge in [-0.3, -0.25) is 4.79 Å². The molecule has 0 saturated heterocycles. The molecule has 1 heterocycles. The molecular weight excluding hydrogens is 292 g/mol. The summed E-state index contributed by atoms with van der Waals surface area (Å²) in [6.07, 6.45) is 10.5. The average Bonchev–Trinajstić information content (AvgIpc) is 2.47. The van der Waals surface area contributed by atoms with Crippen molar-refractivity contribution in [1.82, 2.24) is 9.97 Å². The molecule has 128 valence electrons. The van der Waals surface area contributed by atoms with Crippen molar-refractivity contribution < 1.29 is 9.90 Å². The highest BCUT2D eigenvalue weighted by molar-refractivity contribution is 5.93. The number of nitrogen functional groups attached to an aromatic ring is 1. The number of carbonyl (C=O) groups is 1. The molecule has 2 fully saturated rings. The fraction of sp³-hybridized carbons (Fsp3) is 0.706. The first-order valence-electron chi connectivity index (χ1n) is 8.55. The zero-order valence-electron chi connectivity index (χ0n) is 13.9. The lowest BCUT2D eigenvalue weighted by Gasteiger charge is -2.32. The summed E-state index contributed by atoms with van der Waals surface area (Å²) in [5.74, 6) is 1.10. The van der Waals surface area contributed by atoms with E-state index in [1.165, 1.54) is 38.3 Å². The van der Waals surface area contributed by atoms with Crippen LogP contribution in [0.4, 0.5) is 5.95 Å². The highest BCUT2D eigenvalue weighted by Gasteiger charge is 2.27. The number of aromatic nitrogens is 2. The zero-order chi connectivity index (χ0) is 16.8. The van der Waals surface area contributed by atoms with Gasteiger partial charge in [-0.15, -0.1) is 0 Å². The standard InChI is InChI=1S/C11H16N4O.C6H12O/c1-6-2-7(3-6)4-9-8(10(12)16)5-14-11(13)15-9;7-6-4-2-1-3-5-6/h5-7H,2-4H2,1H3,(H2,12,16)(H2,13,14,15);6-7H,1-5H2. The van der Waals surface area contributed by atoms with Crippen molar-refractivity contribution in [3.05, 3.63) is 17.5 Å². The summed E-state index contributed by atoms with van der Waals surface area (Å²) < 4.78 is 0. The Kier molecular flexibility index (Phi) is 6.33. The maximum Gasteiger partial charge on any atom is 0.252 e. The van der Waals surface area contributed by atoms with Gasteiger partial charge in [-0.05, 0) is 43.9 Å². The molecule has 0 unspecified atom stereocenters. The van der Waals surface area contributed by atoms with Crippen LogP contribution in [-0.2, 0) is 6.42 Å². The monoisotopic (exact) mass is 320 g/mol. The fourth-order valence-corrected chi connectivity index (χ4v) is 3.38. The number of aliphatic hydroxyl groups excluding tert-OH is 1. The van der Waals surface area contributed by atoms with Crippen molar-refractivity contribution in [2.45, 2.75) is 64.4 Å². The van der Waals surface area contributed by atoms with Crippen molar-refractivity contribution in [1.29, 1.82) is 0 Å². The number of aliphatic hydroxyl groups is 1. The molecule has 0 aliphatic heterocycles. The predicted octanol–water partition coefficient (Wildman–Crippen LogP) is 2.06. The lowest BCUT2D eigenvalue weighted by molar-refractivity contribution is 0.0997. The number of carbonyl (C=O) groups excluding carboxylic acids is 1. The molecule has 0 aromatic carbocycles. The number of rotatable bonds is 3. The van der Waals surface area contributed by atoms with Crippen molar-refractivity contribution >= 4 is 11.9 Å². The molecule has 1 aromatic rings. The number of nitrogens with zero attached hydrogens (tertiary/aromatic N) is 2. The van der Waals surface area contributed by atoms with E-state index in [1.54, 1.807) is 0 Å². The lowest BCUT2D eigenvalue weighted by Crippen LogP contribution is -2.25. The Morgan fingerprint density at radius 1 is 1.30 bits per heavy atom. The summed E-state index contributed by atoms with van der Waals surface area (Å²) in [6.45, 7) is 2.22. The van der Waals surface area contributed by atoms with Gasteiger partial charge in [0.25, 0.3) is 5.91 Å². The first-order chi connectivity index (χ1) is 11.0. The van der Waals surface area contributed by atoms with E-state index in [9.17, 15) is 4.79 Å². The van der Waals surface area contributed by atoms with E-state index in [2.05, 4.69) is 16.9 Å². The van der Waals surface area contributed by atoms with Crippen LogP contribution in [0.25, 0.3) is 0 Å². The Labute approximate surface area is 137 Å². The van der Waals surface area contributed by atoms with Gasteiger partial charge in [-0.25, -0.2) is 9.97 Å². The fourth-order valence-electron chi connectivity index (χ4n) is 3.38. The summed E-state index contributed by atoms with van der Waals surface area (Å²) in [7, 11) is 0. The highest BCUT2D eigenvalue weighted by atomic mass is 16.3. The van der Waals surface area contributed by atoms with Crippen LogP contribution < -0.4 is 11.5 Å². The Bertz CT molecular complexity index is 523. The summed E-state index contributed by atoms with van der Waals surface area (Å²) in [4.78, 5) is 19.1. The molecule has 6 heteroatoms. The lowest BCUT2D eigenvalue weighted by atomic mass is 9.73. The molecule has 0 bridgehead atoms. The third kappa shape index (κ3) is 5.46. The molecule has 0 atom stereocenters. The van der Waals surface area contributed by atoms with Crippen LogP contribution in [0.15, 0.2) is 6.20 Å². The van der Waals surface area contributed by atoms with Crippen molar-refractivity contribution in [3.8, 4) is 0 Å². The number of amides is 1. The maximum absolute atomic E-state index is 11.2. The third-order valence-corrected chi connectivity index (χ3v) is 4.68. The molecular formula is C17H28N4O2. The predicted molar refractivity (Wildman–Crippen MR) is 89.6 cm³/mol. The molecule has 6 nitrogen and oxygen atoms in total. The van der Waals surface area contributed by atoms with Gasteiger partial charge in [0.05, 0.1) is 17.4 Å². The second kappa shape index (κ2) is 8.24. The number of nitrogens with two attached hydrogens (primary N) is 2. The van der Waals surface area contributed by atoms with Gasteiger partial charge in [0.15, 0.2) is 0 Å². The van der Waals surface area contributed by atoms with Crippen molar-refractivity contribution in [3.63, 3.8) is 0 Å². The molecule has 2 aliphatic carbocycles. The largest absolute Gasteiger partial charge is 0.393 e. The topological polar surface area (TPSA) is 115 Å². The van der Waals surface area contributed by atoms with Gasteiger partial charge in [0.2, 0.25) is 5.95 Å². The minimum atomic E-state index is -0.484. The smallest absolute Gasteiger partial charge is 0.252 e. The summed E-state index contributed by atoms with van der Waals surface area (Å²) in [6, 6.07) is 0. The third-order valence-electron chi connectivity index (χ3n) is 4.68. The Hall–Kier alpha value is -1.69. The van der Waals surface area contributed by atoms with Gasteiger partial charge in [0.1, 0.15) is 0 Å². The van der Waals surface area contributed by atoms with Crippen LogP contribution in [-0.4, -0.2) is 27.1 Å². The first-order valence-corrected chi connectivity index (χ1v) is 8.55. The zero-order valence-corrected chi connectivity index (χ0v) is 13.9. The molecule has 2 aliphatic rings. The van der Waals surface area contributed by atoms with Gasteiger partial charge in [-0.2, -0.15) is 0 Å². The van der Waals surface area contributed by atoms with Crippen LogP contribution in [0.2, 0.25) is 0 Å². The van der Waals surface area contributed by atoms with Gasteiger partial charge in [-0.1, -0.05) is 26.2 Å². The molecule has 0 spiro atoms. The minimum Gasteiger partial charge on any atom is -0.393 e. The van der Waals surface area contributed by atoms with Crippen LogP contribution in [0, 0.1) is 11.8 Å². The van der Waals surface area contributed by atoms with E-state index in [1.807, 2.05) is 0 Å². The first kappa shape index (κ1) is 17.7. The quantitative estimate of drug-likeness (QED) is 0.788. The molecule has 1 aromatic heterocycles. The summed E-state index contributed by atoms with van der Waals surface area (Å²) >= 11 is 0. The molecule has 1 amide bonds. The van der Waals surface area contributed by atoms with Gasteiger partial charge < -0.3 is 16.6 Å². The highest BCUT2D eigenvalue weighted by Crippen LogP contribution is 2.35. The SMILES string of the molecule is CC1CC(Cc2nc(N)ncc2C(N)=O)C1.OC1CCCCC1. The summed E-state index contributed by atoms with van der Waals surface area (Å²) in [5.41, 5.74) is 11.9. The van der Waals surface area contributed by atoms with E-state index in [0.29, 0.717) is 17.2 Å². The van der Waals surface area contributed by atoms with Crippen molar-refractivity contribution in [2.75, 3.05) is 5.73 Å². The maximum atomic E-state index is 11.2. The molecule has 5 N–H and O–H groups in total. The summed E-state index contributed by atoms with van der Waals surface area (Å²) in [5, 5.41) is 8.91. The van der Waals surface area contributed by atoms with Crippen LogP contribution in [0.1, 0.15) is 67.9 Å². The van der Waals surface area contributed by atoms with E-state index in [0.717, 1.165) is 25.2 Å². The normalized spacial score (nSPS) is 24.3. The molecule has 2 saturated carbocycles. The second-order valence-electron chi connectivity index (χ2n) is 6.89. The van der Waals surface area contributed by atoms with E-state index >= 15 is 0 Å². The van der Waals surface area contributed by atoms with Crippen molar-refractivity contribution in [2.24, 2.45) is 17.6 Å². The Morgan fingerprint density at radius 2 is 1.96 bits per heavy atom. The minimum absolute atomic E-state index is 0.0359. The van der Waals surface area contributed by atoms with E-state index in [-0.39, 0.29) is 12.1 Å². The number of hydrogen-bond acceptors (Lipinski definition) is 5. The van der Waals surface area contributed by atoms with Gasteiger partial charge in [0, 0.05) is 6.20 Å². The van der Waals surface area contributed by atoms with Crippen LogP contribution in [0.5, 0.6) is 0 Å². The second-order valence-corrected chi connectivity index (χ2v) is 6.89. The van der Waals surface area contributed by atoms with E-state index < -0.39 is 5.91 Å². The number of primary amides is 1. The Morgan fingerprint density at radius 3 is 2.43 bits per heavy atom. The van der Waals surface area contributed by atoms with Gasteiger partial charge >= 0.3 is 0 Å². The molecule has 0 radical (unpaired) electrons. The molecule has 3 rings (SSSR count). The van der Waals surface area contributed by atoms with Crippen LogP contribution >= 0.6 is 0 Å². The number of anilines is 1.